The summed E-state index contributed by atoms with van der Waals surface area (Å²) in [5, 5.41) is 8.77. The molecule has 0 radical (unpaired) electrons. The van der Waals surface area contributed by atoms with E-state index in [4.69, 9.17) is 5.26 Å². The van der Waals surface area contributed by atoms with E-state index >= 15 is 0 Å². The van der Waals surface area contributed by atoms with Crippen molar-refractivity contribution >= 4 is 0 Å². The number of unbranched alkanes of at least 4 members (excludes halogenated alkanes) is 3. The SMILES string of the molecule is C=CCCCCCN1CCC(C#N)CC1. The van der Waals surface area contributed by atoms with Crippen LogP contribution in [0.3, 0.4) is 0 Å². The molecule has 2 heteroatoms. The van der Waals surface area contributed by atoms with Crippen molar-refractivity contribution < 1.29 is 0 Å². The van der Waals surface area contributed by atoms with Gasteiger partial charge in [-0.15, -0.1) is 6.58 Å². The Morgan fingerprint density at radius 3 is 2.60 bits per heavy atom. The topological polar surface area (TPSA) is 27.0 Å². The molecule has 0 aromatic heterocycles. The smallest absolute Gasteiger partial charge is 0.0656 e. The number of allylic oxidation sites excluding steroid dienone is 1. The third-order valence-corrected chi connectivity index (χ3v) is 3.15. The Balaban J connectivity index is 1.99. The van der Waals surface area contributed by atoms with Crippen molar-refractivity contribution in [2.75, 3.05) is 19.6 Å². The minimum Gasteiger partial charge on any atom is -0.303 e. The minimum atomic E-state index is 0.321. The van der Waals surface area contributed by atoms with E-state index in [0.717, 1.165) is 32.4 Å². The highest BCUT2D eigenvalue weighted by Gasteiger charge is 2.17. The Kier molecular flexibility index (Phi) is 6.11. The van der Waals surface area contributed by atoms with E-state index in [0.29, 0.717) is 5.92 Å². The van der Waals surface area contributed by atoms with Gasteiger partial charge in [0.2, 0.25) is 0 Å². The van der Waals surface area contributed by atoms with Gasteiger partial charge in [-0.2, -0.15) is 5.26 Å². The van der Waals surface area contributed by atoms with Gasteiger partial charge in [0.1, 0.15) is 0 Å². The molecule has 0 bridgehead atoms. The Hall–Kier alpha value is -0.810. The van der Waals surface area contributed by atoms with E-state index in [1.807, 2.05) is 6.08 Å². The number of hydrogen-bond donors (Lipinski definition) is 0. The lowest BCUT2D eigenvalue weighted by Gasteiger charge is -2.28. The van der Waals surface area contributed by atoms with Crippen molar-refractivity contribution in [3.8, 4) is 6.07 Å². The molecule has 0 atom stereocenters. The predicted octanol–water partition coefficient (Wildman–Crippen LogP) is 2.97. The number of hydrogen-bond acceptors (Lipinski definition) is 2. The first-order valence-corrected chi connectivity index (χ1v) is 6.09. The Morgan fingerprint density at radius 2 is 2.00 bits per heavy atom. The fourth-order valence-electron chi connectivity index (χ4n) is 2.09. The zero-order chi connectivity index (χ0) is 10.9. The fourth-order valence-corrected chi connectivity index (χ4v) is 2.09. The largest absolute Gasteiger partial charge is 0.303 e. The van der Waals surface area contributed by atoms with Crippen LogP contribution in [-0.2, 0) is 0 Å². The molecule has 0 unspecified atom stereocenters. The highest BCUT2D eigenvalue weighted by Crippen LogP contribution is 2.16. The molecular weight excluding hydrogens is 184 g/mol. The first-order valence-electron chi connectivity index (χ1n) is 6.09. The number of nitriles is 1. The van der Waals surface area contributed by atoms with E-state index in [1.165, 1.54) is 25.8 Å². The van der Waals surface area contributed by atoms with Crippen molar-refractivity contribution in [1.29, 1.82) is 5.26 Å². The Bertz CT molecular complexity index is 209. The van der Waals surface area contributed by atoms with Gasteiger partial charge in [-0.05, 0) is 51.7 Å². The quantitative estimate of drug-likeness (QED) is 0.493. The van der Waals surface area contributed by atoms with Crippen LogP contribution in [0.15, 0.2) is 12.7 Å². The summed E-state index contributed by atoms with van der Waals surface area (Å²) >= 11 is 0. The molecule has 15 heavy (non-hydrogen) atoms. The molecule has 1 saturated heterocycles. The zero-order valence-corrected chi connectivity index (χ0v) is 9.62. The van der Waals surface area contributed by atoms with E-state index < -0.39 is 0 Å². The summed E-state index contributed by atoms with van der Waals surface area (Å²) in [6, 6.07) is 2.37. The van der Waals surface area contributed by atoms with Crippen molar-refractivity contribution in [1.82, 2.24) is 4.90 Å². The summed E-state index contributed by atoms with van der Waals surface area (Å²) < 4.78 is 0. The van der Waals surface area contributed by atoms with E-state index in [9.17, 15) is 0 Å². The van der Waals surface area contributed by atoms with Gasteiger partial charge in [0.05, 0.1) is 6.07 Å². The molecule has 1 aliphatic heterocycles. The molecule has 0 aliphatic carbocycles. The average Bonchev–Trinajstić information content (AvgIpc) is 2.30. The van der Waals surface area contributed by atoms with Crippen LogP contribution in [0.1, 0.15) is 38.5 Å². The second kappa shape index (κ2) is 7.48. The third kappa shape index (κ3) is 4.99. The number of rotatable bonds is 6. The van der Waals surface area contributed by atoms with Gasteiger partial charge >= 0.3 is 0 Å². The zero-order valence-electron chi connectivity index (χ0n) is 9.62. The van der Waals surface area contributed by atoms with E-state index in [1.54, 1.807) is 0 Å². The number of piperidine rings is 1. The van der Waals surface area contributed by atoms with Crippen LogP contribution in [0, 0.1) is 17.2 Å². The first kappa shape index (κ1) is 12.3. The van der Waals surface area contributed by atoms with Crippen LogP contribution in [0.5, 0.6) is 0 Å². The summed E-state index contributed by atoms with van der Waals surface area (Å²) in [5.74, 6) is 0.321. The van der Waals surface area contributed by atoms with Crippen LogP contribution < -0.4 is 0 Å². The van der Waals surface area contributed by atoms with Gasteiger partial charge in [0.15, 0.2) is 0 Å². The summed E-state index contributed by atoms with van der Waals surface area (Å²) in [6.07, 6.45) is 9.18. The summed E-state index contributed by atoms with van der Waals surface area (Å²) in [6.45, 7) is 7.19. The number of likely N-dealkylation sites (tertiary alicyclic amines) is 1. The molecule has 2 nitrogen and oxygen atoms in total. The first-order chi connectivity index (χ1) is 7.36. The maximum absolute atomic E-state index is 8.77. The lowest BCUT2D eigenvalue weighted by atomic mass is 9.98. The van der Waals surface area contributed by atoms with Crippen molar-refractivity contribution in [2.45, 2.75) is 38.5 Å². The molecule has 1 fully saturated rings. The summed E-state index contributed by atoms with van der Waals surface area (Å²) in [7, 11) is 0. The van der Waals surface area contributed by atoms with Crippen LogP contribution >= 0.6 is 0 Å². The van der Waals surface area contributed by atoms with Crippen LogP contribution in [-0.4, -0.2) is 24.5 Å². The summed E-state index contributed by atoms with van der Waals surface area (Å²) in [5.41, 5.74) is 0. The Labute approximate surface area is 93.6 Å². The van der Waals surface area contributed by atoms with Crippen molar-refractivity contribution in [2.24, 2.45) is 5.92 Å². The molecule has 1 rings (SSSR count). The normalized spacial score (nSPS) is 18.6. The van der Waals surface area contributed by atoms with Crippen LogP contribution in [0.25, 0.3) is 0 Å². The molecule has 0 amide bonds. The average molecular weight is 206 g/mol. The van der Waals surface area contributed by atoms with Gasteiger partial charge in [0, 0.05) is 5.92 Å². The van der Waals surface area contributed by atoms with Gasteiger partial charge in [-0.3, -0.25) is 0 Å². The van der Waals surface area contributed by atoms with Crippen molar-refractivity contribution in [3.63, 3.8) is 0 Å². The molecule has 0 aromatic rings. The lowest BCUT2D eigenvalue weighted by Crippen LogP contribution is -2.33. The third-order valence-electron chi connectivity index (χ3n) is 3.15. The second-order valence-electron chi connectivity index (χ2n) is 4.38. The van der Waals surface area contributed by atoms with Crippen LogP contribution in [0.4, 0.5) is 0 Å². The fraction of sp³-hybridized carbons (Fsp3) is 0.769. The van der Waals surface area contributed by atoms with Gasteiger partial charge in [0.25, 0.3) is 0 Å². The molecule has 1 heterocycles. The maximum atomic E-state index is 8.77. The van der Waals surface area contributed by atoms with Gasteiger partial charge in [-0.1, -0.05) is 12.5 Å². The minimum absolute atomic E-state index is 0.321. The predicted molar refractivity (Wildman–Crippen MR) is 63.4 cm³/mol. The lowest BCUT2D eigenvalue weighted by molar-refractivity contribution is 0.202. The molecule has 1 aliphatic rings. The molecule has 84 valence electrons. The number of nitrogens with zero attached hydrogens (tertiary/aromatic N) is 2. The maximum Gasteiger partial charge on any atom is 0.0656 e. The van der Waals surface area contributed by atoms with Gasteiger partial charge in [-0.25, -0.2) is 0 Å². The van der Waals surface area contributed by atoms with Crippen molar-refractivity contribution in [3.05, 3.63) is 12.7 Å². The second-order valence-corrected chi connectivity index (χ2v) is 4.38. The van der Waals surface area contributed by atoms with E-state index in [2.05, 4.69) is 17.5 Å². The van der Waals surface area contributed by atoms with Gasteiger partial charge < -0.3 is 4.90 Å². The summed E-state index contributed by atoms with van der Waals surface area (Å²) in [4.78, 5) is 2.50. The van der Waals surface area contributed by atoms with Crippen LogP contribution in [0.2, 0.25) is 0 Å². The van der Waals surface area contributed by atoms with E-state index in [-0.39, 0.29) is 0 Å². The monoisotopic (exact) mass is 206 g/mol. The molecular formula is C13H22N2. The molecule has 0 N–H and O–H groups in total. The highest BCUT2D eigenvalue weighted by molar-refractivity contribution is 4.87. The molecule has 0 spiro atoms. The standard InChI is InChI=1S/C13H22N2/c1-2-3-4-5-6-9-15-10-7-13(12-14)8-11-15/h2,13H,1,3-11H2. The molecule has 0 aromatic carbocycles. The molecule has 0 saturated carbocycles. The Morgan fingerprint density at radius 1 is 1.27 bits per heavy atom. The highest BCUT2D eigenvalue weighted by atomic mass is 15.1.